The highest BCUT2D eigenvalue weighted by Crippen LogP contribution is 2.37. The van der Waals surface area contributed by atoms with Crippen molar-refractivity contribution in [1.29, 1.82) is 5.26 Å². The van der Waals surface area contributed by atoms with E-state index in [2.05, 4.69) is 26.9 Å². The maximum atomic E-state index is 12.6. The van der Waals surface area contributed by atoms with E-state index in [1.165, 1.54) is 28.0 Å². The molecule has 1 aromatic heterocycles. The third-order valence-electron chi connectivity index (χ3n) is 5.15. The Kier molecular flexibility index (Phi) is 6.87. The van der Waals surface area contributed by atoms with E-state index in [-0.39, 0.29) is 18.2 Å². The summed E-state index contributed by atoms with van der Waals surface area (Å²) in [4.78, 5) is 26.0. The number of methoxy groups -OCH3 is 1. The molecule has 0 spiro atoms. The maximum Gasteiger partial charge on any atom is 0.240 e. The van der Waals surface area contributed by atoms with Crippen LogP contribution in [0.1, 0.15) is 40.8 Å². The lowest BCUT2D eigenvalue weighted by atomic mass is 9.96. The molecule has 10 heteroatoms. The van der Waals surface area contributed by atoms with Crippen LogP contribution in [0.4, 0.5) is 5.00 Å². The number of nitriles is 1. The van der Waals surface area contributed by atoms with Gasteiger partial charge in [-0.3, -0.25) is 9.59 Å². The standard InChI is InChI=1S/C22H21N5O3S2/c1-30-14-8-6-13(7-9-14)12-24-27-22-26-20(29)18(32-22)10-19(28)25-21-16(11-23)15-4-2-3-5-17(15)31-21/h6-9,12,18H,2-5,10H2,1H3,(H,25,28)(H,26,27,29)/b24-12+. The third kappa shape index (κ3) is 5.00. The van der Waals surface area contributed by atoms with Gasteiger partial charge in [0.25, 0.3) is 0 Å². The highest BCUT2D eigenvalue weighted by atomic mass is 32.2. The second-order valence-corrected chi connectivity index (χ2v) is 9.59. The van der Waals surface area contributed by atoms with Crippen LogP contribution < -0.4 is 15.4 Å². The lowest BCUT2D eigenvalue weighted by molar-refractivity contribution is -0.122. The molecule has 2 amide bonds. The molecule has 0 radical (unpaired) electrons. The average molecular weight is 468 g/mol. The van der Waals surface area contributed by atoms with Crippen molar-refractivity contribution < 1.29 is 14.3 Å². The molecule has 1 saturated heterocycles. The predicted molar refractivity (Wildman–Crippen MR) is 126 cm³/mol. The molecule has 2 aliphatic rings. The number of anilines is 1. The first kappa shape index (κ1) is 22.0. The SMILES string of the molecule is COc1ccc(/C=N/N=C2NC(=O)C(CC(=O)Nc3sc4c(c3C#N)CCCC4)S2)cc1. The number of ether oxygens (including phenoxy) is 1. The normalized spacial score (nSPS) is 18.9. The van der Waals surface area contributed by atoms with Crippen LogP contribution in [-0.2, 0) is 22.4 Å². The zero-order valence-electron chi connectivity index (χ0n) is 17.4. The molecule has 8 nitrogen and oxygen atoms in total. The van der Waals surface area contributed by atoms with Gasteiger partial charge in [-0.1, -0.05) is 11.8 Å². The molecule has 32 heavy (non-hydrogen) atoms. The minimum Gasteiger partial charge on any atom is -0.497 e. The second kappa shape index (κ2) is 9.97. The fourth-order valence-corrected chi connectivity index (χ4v) is 5.72. The Labute approximate surface area is 193 Å². The summed E-state index contributed by atoms with van der Waals surface area (Å²) < 4.78 is 5.11. The van der Waals surface area contributed by atoms with E-state index < -0.39 is 5.25 Å². The summed E-state index contributed by atoms with van der Waals surface area (Å²) in [5.74, 6) is 0.170. The Morgan fingerprint density at radius 1 is 1.34 bits per heavy atom. The van der Waals surface area contributed by atoms with Gasteiger partial charge in [0.1, 0.15) is 22.1 Å². The Morgan fingerprint density at radius 2 is 2.12 bits per heavy atom. The van der Waals surface area contributed by atoms with E-state index in [1.54, 1.807) is 13.3 Å². The van der Waals surface area contributed by atoms with Gasteiger partial charge in [0.2, 0.25) is 11.8 Å². The van der Waals surface area contributed by atoms with Gasteiger partial charge in [-0.05, 0) is 61.1 Å². The summed E-state index contributed by atoms with van der Waals surface area (Å²) in [5, 5.41) is 23.4. The maximum absolute atomic E-state index is 12.6. The van der Waals surface area contributed by atoms with E-state index in [4.69, 9.17) is 4.74 Å². The number of hydrogen-bond acceptors (Lipinski definition) is 8. The summed E-state index contributed by atoms with van der Waals surface area (Å²) >= 11 is 2.64. The number of nitrogens with one attached hydrogen (secondary N) is 2. The number of carbonyl (C=O) groups excluding carboxylic acids is 2. The smallest absolute Gasteiger partial charge is 0.240 e. The fraction of sp³-hybridized carbons (Fsp3) is 0.318. The molecule has 1 aliphatic heterocycles. The predicted octanol–water partition coefficient (Wildman–Crippen LogP) is 3.46. The first-order valence-corrected chi connectivity index (χ1v) is 11.8. The van der Waals surface area contributed by atoms with Crippen LogP contribution in [0.15, 0.2) is 34.5 Å². The Hall–Kier alpha value is -3.16. The van der Waals surface area contributed by atoms with Crippen LogP contribution in [0.25, 0.3) is 0 Å². The number of amidine groups is 1. The summed E-state index contributed by atoms with van der Waals surface area (Å²) in [6.07, 6.45) is 5.55. The number of aryl methyl sites for hydroxylation is 1. The van der Waals surface area contributed by atoms with Crippen LogP contribution in [0.5, 0.6) is 5.75 Å². The zero-order valence-corrected chi connectivity index (χ0v) is 19.0. The highest BCUT2D eigenvalue weighted by Gasteiger charge is 2.33. The van der Waals surface area contributed by atoms with Crippen LogP contribution >= 0.6 is 23.1 Å². The molecule has 0 bridgehead atoms. The molecule has 2 heterocycles. The largest absolute Gasteiger partial charge is 0.497 e. The molecule has 1 atom stereocenters. The molecular weight excluding hydrogens is 446 g/mol. The molecule has 164 valence electrons. The number of thiophene rings is 1. The number of thioether (sulfide) groups is 1. The van der Waals surface area contributed by atoms with E-state index in [0.717, 1.165) is 42.6 Å². The van der Waals surface area contributed by atoms with Crippen molar-refractivity contribution >= 4 is 51.3 Å². The average Bonchev–Trinajstić information content (AvgIpc) is 3.32. The van der Waals surface area contributed by atoms with Gasteiger partial charge < -0.3 is 15.4 Å². The Balaban J connectivity index is 1.35. The Bertz CT molecular complexity index is 1130. The molecule has 1 aliphatic carbocycles. The van der Waals surface area contributed by atoms with Gasteiger partial charge in [0.15, 0.2) is 5.17 Å². The van der Waals surface area contributed by atoms with Gasteiger partial charge in [-0.25, -0.2) is 0 Å². The molecular formula is C22H21N5O3S2. The van der Waals surface area contributed by atoms with Crippen molar-refractivity contribution in [2.24, 2.45) is 10.2 Å². The van der Waals surface area contributed by atoms with Crippen molar-refractivity contribution in [3.63, 3.8) is 0 Å². The number of amides is 2. The van der Waals surface area contributed by atoms with Gasteiger partial charge >= 0.3 is 0 Å². The number of rotatable bonds is 6. The second-order valence-electron chi connectivity index (χ2n) is 7.30. The van der Waals surface area contributed by atoms with Crippen LogP contribution in [0.3, 0.4) is 0 Å². The first-order chi connectivity index (χ1) is 15.6. The molecule has 0 saturated carbocycles. The molecule has 4 rings (SSSR count). The van der Waals surface area contributed by atoms with Gasteiger partial charge in [-0.15, -0.1) is 16.4 Å². The number of hydrogen-bond donors (Lipinski definition) is 2. The van der Waals surface area contributed by atoms with Crippen molar-refractivity contribution in [2.75, 3.05) is 12.4 Å². The number of benzene rings is 1. The van der Waals surface area contributed by atoms with Crippen LogP contribution in [0, 0.1) is 11.3 Å². The van der Waals surface area contributed by atoms with E-state index in [9.17, 15) is 14.9 Å². The van der Waals surface area contributed by atoms with Gasteiger partial charge in [0, 0.05) is 11.3 Å². The Morgan fingerprint density at radius 3 is 2.88 bits per heavy atom. The summed E-state index contributed by atoms with van der Waals surface area (Å²) in [6, 6.07) is 9.55. The summed E-state index contributed by atoms with van der Waals surface area (Å²) in [6.45, 7) is 0. The van der Waals surface area contributed by atoms with Gasteiger partial charge in [0.05, 0.1) is 18.9 Å². The lowest BCUT2D eigenvalue weighted by Gasteiger charge is -2.09. The number of carbonyl (C=O) groups is 2. The molecule has 2 aromatic rings. The lowest BCUT2D eigenvalue weighted by Crippen LogP contribution is -2.28. The summed E-state index contributed by atoms with van der Waals surface area (Å²) in [5.41, 5.74) is 2.47. The van der Waals surface area contributed by atoms with E-state index in [1.807, 2.05) is 24.3 Å². The number of fused-ring (bicyclic) bond motifs is 1. The van der Waals surface area contributed by atoms with E-state index >= 15 is 0 Å². The van der Waals surface area contributed by atoms with Crippen molar-refractivity contribution in [1.82, 2.24) is 5.32 Å². The fourth-order valence-electron chi connectivity index (χ4n) is 3.54. The minimum atomic E-state index is -0.593. The minimum absolute atomic E-state index is 0.00878. The van der Waals surface area contributed by atoms with Crippen molar-refractivity contribution in [2.45, 2.75) is 37.4 Å². The monoisotopic (exact) mass is 467 g/mol. The summed E-state index contributed by atoms with van der Waals surface area (Å²) in [7, 11) is 1.60. The molecule has 1 unspecified atom stereocenters. The quantitative estimate of drug-likeness (QED) is 0.499. The molecule has 1 aromatic carbocycles. The first-order valence-electron chi connectivity index (χ1n) is 10.1. The van der Waals surface area contributed by atoms with E-state index in [0.29, 0.717) is 15.7 Å². The zero-order chi connectivity index (χ0) is 22.5. The van der Waals surface area contributed by atoms with Crippen LogP contribution in [0.2, 0.25) is 0 Å². The topological polar surface area (TPSA) is 116 Å². The van der Waals surface area contributed by atoms with Crippen molar-refractivity contribution in [3.8, 4) is 11.8 Å². The van der Waals surface area contributed by atoms with Crippen LogP contribution in [-0.4, -0.2) is 35.6 Å². The highest BCUT2D eigenvalue weighted by molar-refractivity contribution is 8.15. The van der Waals surface area contributed by atoms with Crippen molar-refractivity contribution in [3.05, 3.63) is 45.8 Å². The molecule has 1 fully saturated rings. The van der Waals surface area contributed by atoms with Gasteiger partial charge in [-0.2, -0.15) is 10.4 Å². The third-order valence-corrected chi connectivity index (χ3v) is 7.43. The molecule has 2 N–H and O–H groups in total. The number of nitrogens with zero attached hydrogens (tertiary/aromatic N) is 3.